The lowest BCUT2D eigenvalue weighted by atomic mass is 10.2. The first-order valence-electron chi connectivity index (χ1n) is 5.51. The first kappa shape index (κ1) is 19.8. The first-order valence-corrected chi connectivity index (χ1v) is 7.99. The van der Waals surface area contributed by atoms with E-state index >= 15 is 0 Å². The summed E-state index contributed by atoms with van der Waals surface area (Å²) < 4.78 is 97.2. The Bertz CT molecular complexity index is 364. The number of unbranched alkanes of at least 4 members (excludes halogenated alkanes) is 3. The van der Waals surface area contributed by atoms with E-state index < -0.39 is 34.1 Å². The molecule has 0 radical (unpaired) electrons. The second-order valence-corrected chi connectivity index (χ2v) is 6.89. The van der Waals surface area contributed by atoms with Crippen LogP contribution >= 0.6 is 10.7 Å². The van der Waals surface area contributed by atoms with Crippen LogP contribution in [0.3, 0.4) is 0 Å². The highest BCUT2D eigenvalue weighted by molar-refractivity contribution is 8.13. The quantitative estimate of drug-likeness (QED) is 0.381. The topological polar surface area (TPSA) is 43.4 Å². The SMILES string of the molecule is O=S(=O)(Cl)CCCCCCOC(C(F)(F)F)C(F)(F)F. The van der Waals surface area contributed by atoms with E-state index in [0.29, 0.717) is 6.42 Å². The molecule has 0 aromatic carbocycles. The fourth-order valence-corrected chi connectivity index (χ4v) is 2.18. The van der Waals surface area contributed by atoms with E-state index in [4.69, 9.17) is 10.7 Å². The van der Waals surface area contributed by atoms with Gasteiger partial charge in [0.05, 0.1) is 5.75 Å². The smallest absolute Gasteiger partial charge is 0.361 e. The minimum atomic E-state index is -5.51. The normalized spacial score (nSPS) is 14.0. The lowest BCUT2D eigenvalue weighted by molar-refractivity contribution is -0.321. The molecule has 0 aromatic rings. The summed E-state index contributed by atoms with van der Waals surface area (Å²) in [4.78, 5) is 0. The Morgan fingerprint density at radius 1 is 0.900 bits per heavy atom. The van der Waals surface area contributed by atoms with Crippen LogP contribution in [0.4, 0.5) is 26.3 Å². The maximum Gasteiger partial charge on any atom is 0.423 e. The minimum absolute atomic E-state index is 0.0367. The molecule has 0 saturated heterocycles. The summed E-state index contributed by atoms with van der Waals surface area (Å²) >= 11 is 0. The zero-order chi connectivity index (χ0) is 16.0. The summed E-state index contributed by atoms with van der Waals surface area (Å²) in [7, 11) is 1.29. The molecule has 0 aromatic heterocycles. The molecule has 0 rings (SSSR count). The Morgan fingerprint density at radius 2 is 1.35 bits per heavy atom. The van der Waals surface area contributed by atoms with Gasteiger partial charge in [0.15, 0.2) is 0 Å². The maximum absolute atomic E-state index is 12.1. The molecule has 20 heavy (non-hydrogen) atoms. The highest BCUT2D eigenvalue weighted by Crippen LogP contribution is 2.35. The number of hydrogen-bond donors (Lipinski definition) is 0. The Kier molecular flexibility index (Phi) is 7.61. The van der Waals surface area contributed by atoms with Crippen molar-refractivity contribution < 1.29 is 39.5 Å². The Morgan fingerprint density at radius 3 is 1.75 bits per heavy atom. The largest absolute Gasteiger partial charge is 0.423 e. The molecule has 0 saturated carbocycles. The molecule has 0 aliphatic rings. The molecule has 0 fully saturated rings. The van der Waals surface area contributed by atoms with E-state index in [0.717, 1.165) is 0 Å². The molecule has 0 aliphatic heterocycles. The standard InChI is InChI=1S/C9H13ClF6O3S/c10-20(17,18)6-4-2-1-3-5-19-7(8(11,12)13)9(14,15)16/h7H,1-6H2. The van der Waals surface area contributed by atoms with Crippen molar-refractivity contribution in [2.45, 2.75) is 44.1 Å². The van der Waals surface area contributed by atoms with E-state index in [1.807, 2.05) is 0 Å². The van der Waals surface area contributed by atoms with Crippen LogP contribution in [0.25, 0.3) is 0 Å². The fraction of sp³-hybridized carbons (Fsp3) is 1.00. The molecule has 0 bridgehead atoms. The second-order valence-electron chi connectivity index (χ2n) is 3.99. The van der Waals surface area contributed by atoms with Crippen molar-refractivity contribution in [3.05, 3.63) is 0 Å². The van der Waals surface area contributed by atoms with E-state index in [9.17, 15) is 34.8 Å². The van der Waals surface area contributed by atoms with Crippen molar-refractivity contribution in [1.82, 2.24) is 0 Å². The molecule has 11 heteroatoms. The summed E-state index contributed by atoms with van der Waals surface area (Å²) in [6.07, 6.45) is -14.1. The number of ether oxygens (including phenoxy) is 1. The average Bonchev–Trinajstić information content (AvgIpc) is 2.16. The summed E-state index contributed by atoms with van der Waals surface area (Å²) in [5.74, 6) is -0.289. The second kappa shape index (κ2) is 7.69. The monoisotopic (exact) mass is 350 g/mol. The highest BCUT2D eigenvalue weighted by Gasteiger charge is 2.57. The lowest BCUT2D eigenvalue weighted by Gasteiger charge is -2.23. The van der Waals surface area contributed by atoms with Gasteiger partial charge in [-0.15, -0.1) is 0 Å². The molecule has 3 nitrogen and oxygen atoms in total. The van der Waals surface area contributed by atoms with Crippen LogP contribution in [0.1, 0.15) is 25.7 Å². The molecule has 122 valence electrons. The fourth-order valence-electron chi connectivity index (χ4n) is 1.31. The van der Waals surface area contributed by atoms with E-state index in [1.54, 1.807) is 0 Å². The Labute approximate surface area is 116 Å². The molecule has 0 aliphatic carbocycles. The van der Waals surface area contributed by atoms with Gasteiger partial charge in [-0.3, -0.25) is 0 Å². The third kappa shape index (κ3) is 9.65. The predicted octanol–water partition coefficient (Wildman–Crippen LogP) is 3.63. The van der Waals surface area contributed by atoms with Gasteiger partial charge in [0.2, 0.25) is 15.2 Å². The van der Waals surface area contributed by atoms with Gasteiger partial charge in [0, 0.05) is 17.3 Å². The average molecular weight is 351 g/mol. The zero-order valence-corrected chi connectivity index (χ0v) is 11.7. The van der Waals surface area contributed by atoms with Gasteiger partial charge in [0.25, 0.3) is 0 Å². The first-order chi connectivity index (χ1) is 8.84. The van der Waals surface area contributed by atoms with Gasteiger partial charge in [-0.25, -0.2) is 8.42 Å². The van der Waals surface area contributed by atoms with Crippen molar-refractivity contribution in [2.24, 2.45) is 0 Å². The molecule has 0 atom stereocenters. The lowest BCUT2D eigenvalue weighted by Crippen LogP contribution is -2.44. The van der Waals surface area contributed by atoms with Crippen molar-refractivity contribution in [1.29, 1.82) is 0 Å². The zero-order valence-electron chi connectivity index (χ0n) is 10.1. The van der Waals surface area contributed by atoms with Crippen molar-refractivity contribution in [3.8, 4) is 0 Å². The predicted molar refractivity (Wildman–Crippen MR) is 60.0 cm³/mol. The van der Waals surface area contributed by atoms with Crippen molar-refractivity contribution >= 4 is 19.7 Å². The van der Waals surface area contributed by atoms with Crippen LogP contribution in [0, 0.1) is 0 Å². The molecule has 0 unspecified atom stereocenters. The molecular weight excluding hydrogens is 338 g/mol. The number of alkyl halides is 6. The van der Waals surface area contributed by atoms with Crippen LogP contribution < -0.4 is 0 Å². The van der Waals surface area contributed by atoms with Gasteiger partial charge >= 0.3 is 12.4 Å². The van der Waals surface area contributed by atoms with Gasteiger partial charge in [-0.2, -0.15) is 26.3 Å². The molecule has 0 spiro atoms. The number of hydrogen-bond acceptors (Lipinski definition) is 3. The van der Waals surface area contributed by atoms with Gasteiger partial charge in [-0.05, 0) is 12.8 Å². The minimum Gasteiger partial charge on any atom is -0.361 e. The number of halogens is 7. The maximum atomic E-state index is 12.1. The van der Waals surface area contributed by atoms with Crippen LogP contribution in [-0.4, -0.2) is 39.2 Å². The van der Waals surface area contributed by atoms with Gasteiger partial charge in [0.1, 0.15) is 0 Å². The van der Waals surface area contributed by atoms with Gasteiger partial charge in [-0.1, -0.05) is 12.8 Å². The van der Waals surface area contributed by atoms with E-state index in [-0.39, 0.29) is 25.0 Å². The van der Waals surface area contributed by atoms with Gasteiger partial charge < -0.3 is 4.74 Å². The Hall–Kier alpha value is -0.220. The van der Waals surface area contributed by atoms with Crippen molar-refractivity contribution in [3.63, 3.8) is 0 Å². The van der Waals surface area contributed by atoms with E-state index in [1.165, 1.54) is 0 Å². The molecular formula is C9H13ClF6O3S. The van der Waals surface area contributed by atoms with Crippen LogP contribution in [-0.2, 0) is 13.8 Å². The summed E-state index contributed by atoms with van der Waals surface area (Å²) in [5.41, 5.74) is 0. The summed E-state index contributed by atoms with van der Waals surface area (Å²) in [5, 5.41) is 0. The molecule has 0 heterocycles. The molecule has 0 amide bonds. The third-order valence-corrected chi connectivity index (χ3v) is 3.40. The van der Waals surface area contributed by atoms with E-state index in [2.05, 4.69) is 4.74 Å². The highest BCUT2D eigenvalue weighted by atomic mass is 35.7. The molecule has 0 N–H and O–H groups in total. The number of rotatable bonds is 8. The van der Waals surface area contributed by atoms with Crippen molar-refractivity contribution in [2.75, 3.05) is 12.4 Å². The summed E-state index contributed by atoms with van der Waals surface area (Å²) in [6.45, 7) is -0.711. The Balaban J connectivity index is 3.93. The van der Waals surface area contributed by atoms with Crippen LogP contribution in [0.2, 0.25) is 0 Å². The third-order valence-electron chi connectivity index (χ3n) is 2.16. The summed E-state index contributed by atoms with van der Waals surface area (Å²) in [6, 6.07) is 0. The van der Waals surface area contributed by atoms with Crippen LogP contribution in [0.15, 0.2) is 0 Å². The van der Waals surface area contributed by atoms with Crippen LogP contribution in [0.5, 0.6) is 0 Å².